The summed E-state index contributed by atoms with van der Waals surface area (Å²) in [5.41, 5.74) is 1.47. The number of hydrogen-bond donors (Lipinski definition) is 0. The van der Waals surface area contributed by atoms with Gasteiger partial charge in [-0.1, -0.05) is 6.92 Å². The van der Waals surface area contributed by atoms with Crippen molar-refractivity contribution in [3.05, 3.63) is 48.7 Å². The van der Waals surface area contributed by atoms with E-state index in [2.05, 4.69) is 16.8 Å². The highest BCUT2D eigenvalue weighted by Crippen LogP contribution is 2.39. The number of methoxy groups -OCH3 is 1. The van der Waals surface area contributed by atoms with Gasteiger partial charge in [0.2, 0.25) is 9.84 Å². The summed E-state index contributed by atoms with van der Waals surface area (Å²) in [6.07, 6.45) is 3.67. The molecule has 31 heavy (non-hydrogen) atoms. The van der Waals surface area contributed by atoms with E-state index in [1.165, 1.54) is 6.20 Å². The Labute approximate surface area is 183 Å². The minimum Gasteiger partial charge on any atom is -0.497 e. The molecule has 1 fully saturated rings. The second-order valence-electron chi connectivity index (χ2n) is 7.96. The van der Waals surface area contributed by atoms with Gasteiger partial charge in [-0.3, -0.25) is 4.98 Å². The molecule has 164 valence electrons. The van der Waals surface area contributed by atoms with Gasteiger partial charge in [0.05, 0.1) is 29.8 Å². The van der Waals surface area contributed by atoms with Gasteiger partial charge in [0.1, 0.15) is 16.4 Å². The lowest BCUT2D eigenvalue weighted by Gasteiger charge is -2.34. The molecule has 1 aliphatic rings. The van der Waals surface area contributed by atoms with E-state index >= 15 is 0 Å². The number of hydrogen-bond acceptors (Lipinski definition) is 6. The molecule has 0 bridgehead atoms. The van der Waals surface area contributed by atoms with Gasteiger partial charge in [-0.15, -0.1) is 0 Å². The molecule has 4 rings (SSSR count). The zero-order valence-corrected chi connectivity index (χ0v) is 19.0. The van der Waals surface area contributed by atoms with Crippen molar-refractivity contribution in [1.29, 1.82) is 0 Å². The van der Waals surface area contributed by atoms with Gasteiger partial charge in [-0.05, 0) is 68.1 Å². The number of pyridine rings is 1. The maximum Gasteiger partial charge on any atom is 0.210 e. The largest absolute Gasteiger partial charge is 0.497 e. The highest BCUT2D eigenvalue weighted by molar-refractivity contribution is 7.91. The molecule has 1 aliphatic heterocycles. The lowest BCUT2D eigenvalue weighted by molar-refractivity contribution is 0.340. The Morgan fingerprint density at radius 3 is 2.55 bits per heavy atom. The van der Waals surface area contributed by atoms with E-state index in [0.717, 1.165) is 36.8 Å². The maximum absolute atomic E-state index is 13.7. The molecular weight excluding hydrogens is 412 g/mol. The molecule has 0 aliphatic carbocycles. The van der Waals surface area contributed by atoms with Gasteiger partial charge >= 0.3 is 0 Å². The molecular formula is C24H28N2O4S. The lowest BCUT2D eigenvalue weighted by Crippen LogP contribution is -2.35. The Morgan fingerprint density at radius 2 is 1.87 bits per heavy atom. The SMILES string of the molecule is CCOc1ccc2ncc(S(=O)(=O)c3ccc(OC)cc3)c(N3CCC[C@@H](C)C3)c2c1. The van der Waals surface area contributed by atoms with E-state index in [4.69, 9.17) is 9.47 Å². The molecule has 1 atom stereocenters. The number of anilines is 1. The van der Waals surface area contributed by atoms with E-state index in [1.54, 1.807) is 31.4 Å². The van der Waals surface area contributed by atoms with Crippen molar-refractivity contribution >= 4 is 26.4 Å². The number of fused-ring (bicyclic) bond motifs is 1. The van der Waals surface area contributed by atoms with E-state index in [-0.39, 0.29) is 9.79 Å². The Bertz CT molecular complexity index is 1180. The third-order valence-corrected chi connectivity index (χ3v) is 7.49. The summed E-state index contributed by atoms with van der Waals surface area (Å²) in [5.74, 6) is 1.81. The highest BCUT2D eigenvalue weighted by atomic mass is 32.2. The number of nitrogens with zero attached hydrogens (tertiary/aromatic N) is 2. The second-order valence-corrected chi connectivity index (χ2v) is 9.87. The summed E-state index contributed by atoms with van der Waals surface area (Å²) in [7, 11) is -2.22. The molecule has 1 aromatic heterocycles. The molecule has 0 spiro atoms. The van der Waals surface area contributed by atoms with Gasteiger partial charge in [0.25, 0.3) is 0 Å². The summed E-state index contributed by atoms with van der Waals surface area (Å²) in [5, 5.41) is 0.801. The van der Waals surface area contributed by atoms with Crippen LogP contribution in [0.4, 0.5) is 5.69 Å². The molecule has 0 N–H and O–H groups in total. The van der Waals surface area contributed by atoms with Gasteiger partial charge in [-0.25, -0.2) is 8.42 Å². The van der Waals surface area contributed by atoms with Crippen molar-refractivity contribution in [2.45, 2.75) is 36.5 Å². The second kappa shape index (κ2) is 8.75. The Morgan fingerprint density at radius 1 is 1.13 bits per heavy atom. The van der Waals surface area contributed by atoms with Gasteiger partial charge in [0, 0.05) is 24.7 Å². The molecule has 0 radical (unpaired) electrons. The van der Waals surface area contributed by atoms with Crippen molar-refractivity contribution in [3.63, 3.8) is 0 Å². The maximum atomic E-state index is 13.7. The summed E-state index contributed by atoms with van der Waals surface area (Å²) in [6.45, 7) is 6.30. The molecule has 6 nitrogen and oxygen atoms in total. The Balaban J connectivity index is 1.93. The molecule has 0 saturated carbocycles. The monoisotopic (exact) mass is 440 g/mol. The van der Waals surface area contributed by atoms with Crippen LogP contribution in [0.3, 0.4) is 0 Å². The van der Waals surface area contributed by atoms with Gasteiger partial charge in [-0.2, -0.15) is 0 Å². The molecule has 7 heteroatoms. The third kappa shape index (κ3) is 4.19. The smallest absolute Gasteiger partial charge is 0.210 e. The van der Waals surface area contributed by atoms with Crippen LogP contribution < -0.4 is 14.4 Å². The zero-order chi connectivity index (χ0) is 22.0. The summed E-state index contributed by atoms with van der Waals surface area (Å²) in [6, 6.07) is 12.2. The Hall–Kier alpha value is -2.80. The number of aromatic nitrogens is 1. The number of ether oxygens (including phenoxy) is 2. The summed E-state index contributed by atoms with van der Waals surface area (Å²) >= 11 is 0. The first-order valence-corrected chi connectivity index (χ1v) is 12.1. The summed E-state index contributed by atoms with van der Waals surface area (Å²) in [4.78, 5) is 7.15. The first-order valence-electron chi connectivity index (χ1n) is 10.6. The first kappa shape index (κ1) is 21.4. The number of rotatable bonds is 6. The number of benzene rings is 2. The minimum atomic E-state index is -3.78. The van der Waals surface area contributed by atoms with Crippen LogP contribution >= 0.6 is 0 Å². The van der Waals surface area contributed by atoms with E-state index < -0.39 is 9.84 Å². The van der Waals surface area contributed by atoms with Crippen LogP contribution in [0.1, 0.15) is 26.7 Å². The normalized spacial score (nSPS) is 17.0. The van der Waals surface area contributed by atoms with Crippen molar-refractivity contribution in [2.24, 2.45) is 5.92 Å². The predicted octanol–water partition coefficient (Wildman–Crippen LogP) is 4.71. The molecule has 1 saturated heterocycles. The Kier molecular flexibility index (Phi) is 6.05. The average Bonchev–Trinajstić information content (AvgIpc) is 2.78. The topological polar surface area (TPSA) is 68.7 Å². The number of sulfone groups is 1. The van der Waals surface area contributed by atoms with Crippen LogP contribution in [0.25, 0.3) is 10.9 Å². The van der Waals surface area contributed by atoms with Crippen molar-refractivity contribution < 1.29 is 17.9 Å². The van der Waals surface area contributed by atoms with Crippen molar-refractivity contribution in [1.82, 2.24) is 4.98 Å². The fourth-order valence-electron chi connectivity index (χ4n) is 4.19. The fourth-order valence-corrected chi connectivity index (χ4v) is 5.63. The van der Waals surface area contributed by atoms with Gasteiger partial charge < -0.3 is 14.4 Å². The first-order chi connectivity index (χ1) is 14.9. The fraction of sp³-hybridized carbons (Fsp3) is 0.375. The standard InChI is InChI=1S/C24H28N2O4S/c1-4-30-19-9-12-22-21(14-19)24(26-13-5-6-17(2)16-26)23(15-25-22)31(27,28)20-10-7-18(29-3)8-11-20/h7-12,14-15,17H,4-6,13,16H2,1-3H3/t17-/m1/s1. The quantitative estimate of drug-likeness (QED) is 0.553. The minimum absolute atomic E-state index is 0.224. The zero-order valence-electron chi connectivity index (χ0n) is 18.2. The molecule has 2 heterocycles. The summed E-state index contributed by atoms with van der Waals surface area (Å²) < 4.78 is 38.3. The highest BCUT2D eigenvalue weighted by Gasteiger charge is 2.29. The van der Waals surface area contributed by atoms with Crippen LogP contribution in [-0.4, -0.2) is 40.2 Å². The van der Waals surface area contributed by atoms with Crippen LogP contribution in [0.5, 0.6) is 11.5 Å². The van der Waals surface area contributed by atoms with Crippen molar-refractivity contribution in [2.75, 3.05) is 31.7 Å². The third-order valence-electron chi connectivity index (χ3n) is 5.72. The van der Waals surface area contributed by atoms with E-state index in [0.29, 0.717) is 29.7 Å². The van der Waals surface area contributed by atoms with Crippen LogP contribution in [0.2, 0.25) is 0 Å². The van der Waals surface area contributed by atoms with Crippen molar-refractivity contribution in [3.8, 4) is 11.5 Å². The molecule has 0 unspecified atom stereocenters. The van der Waals surface area contributed by atoms with E-state index in [1.807, 2.05) is 25.1 Å². The molecule has 3 aromatic rings. The van der Waals surface area contributed by atoms with Gasteiger partial charge in [0.15, 0.2) is 0 Å². The van der Waals surface area contributed by atoms with Crippen LogP contribution in [0.15, 0.2) is 58.5 Å². The average molecular weight is 441 g/mol. The van der Waals surface area contributed by atoms with Crippen LogP contribution in [0, 0.1) is 5.92 Å². The van der Waals surface area contributed by atoms with E-state index in [9.17, 15) is 8.42 Å². The molecule has 2 aromatic carbocycles. The van der Waals surface area contributed by atoms with Crippen LogP contribution in [-0.2, 0) is 9.84 Å². The number of piperidine rings is 1. The molecule has 0 amide bonds. The lowest BCUT2D eigenvalue weighted by atomic mass is 9.99. The predicted molar refractivity (Wildman–Crippen MR) is 122 cm³/mol.